The lowest BCUT2D eigenvalue weighted by Crippen LogP contribution is -2.66. The number of likely N-dealkylation sites (N-methyl/N-ethyl adjacent to an activating group) is 1. The van der Waals surface area contributed by atoms with Crippen LogP contribution in [0.25, 0.3) is 0 Å². The summed E-state index contributed by atoms with van der Waals surface area (Å²) >= 11 is 0. The van der Waals surface area contributed by atoms with Crippen molar-refractivity contribution in [2.24, 2.45) is 5.73 Å². The van der Waals surface area contributed by atoms with E-state index >= 15 is 0 Å². The number of carboxylic acids is 1. The number of carbonyl (C=O) groups is 2. The molecule has 0 saturated carbocycles. The minimum atomic E-state index is -1.38. The third kappa shape index (κ3) is 7.87. The highest BCUT2D eigenvalue weighted by Crippen LogP contribution is 2.29. The van der Waals surface area contributed by atoms with E-state index < -0.39 is 11.5 Å². The van der Waals surface area contributed by atoms with E-state index in [0.29, 0.717) is 25.8 Å². The van der Waals surface area contributed by atoms with Crippen LogP contribution in [0.1, 0.15) is 84.0 Å². The molecule has 148 valence electrons. The monoisotopic (exact) mass is 357 g/mol. The Kier molecular flexibility index (Phi) is 12.0. The van der Waals surface area contributed by atoms with E-state index in [1.54, 1.807) is 21.1 Å². The van der Waals surface area contributed by atoms with Gasteiger partial charge in [0.25, 0.3) is 5.54 Å². The van der Waals surface area contributed by atoms with Crippen molar-refractivity contribution in [3.05, 3.63) is 0 Å². The van der Waals surface area contributed by atoms with Crippen molar-refractivity contribution in [2.75, 3.05) is 27.7 Å². The molecule has 1 unspecified atom stereocenters. The van der Waals surface area contributed by atoms with Gasteiger partial charge < -0.3 is 15.3 Å². The van der Waals surface area contributed by atoms with Gasteiger partial charge in [0, 0.05) is 12.8 Å². The topological polar surface area (TPSA) is 80.4 Å². The van der Waals surface area contributed by atoms with Crippen molar-refractivity contribution < 1.29 is 19.2 Å². The molecule has 5 heteroatoms. The van der Waals surface area contributed by atoms with Gasteiger partial charge in [0.2, 0.25) is 5.78 Å². The van der Waals surface area contributed by atoms with Gasteiger partial charge in [-0.2, -0.15) is 0 Å². The van der Waals surface area contributed by atoms with Gasteiger partial charge in [-0.1, -0.05) is 58.3 Å². The molecule has 0 aromatic heterocycles. The van der Waals surface area contributed by atoms with Gasteiger partial charge in [-0.05, 0) is 19.4 Å². The Bertz CT molecular complexity index is 391. The first-order valence-corrected chi connectivity index (χ1v) is 10.0. The van der Waals surface area contributed by atoms with Crippen molar-refractivity contribution in [1.29, 1.82) is 0 Å². The summed E-state index contributed by atoms with van der Waals surface area (Å²) in [6.45, 7) is 2.62. The fourth-order valence-corrected chi connectivity index (χ4v) is 3.52. The number of carbonyl (C=O) groups excluding carboxylic acids is 1. The summed E-state index contributed by atoms with van der Waals surface area (Å²) < 4.78 is 0.110. The summed E-state index contributed by atoms with van der Waals surface area (Å²) in [5.41, 5.74) is 4.19. The number of rotatable bonds is 16. The molecular weight excluding hydrogens is 316 g/mol. The van der Waals surface area contributed by atoms with Crippen LogP contribution in [0.15, 0.2) is 0 Å². The number of nitrogens with zero attached hydrogens (tertiary/aromatic N) is 1. The first-order chi connectivity index (χ1) is 11.7. The number of unbranched alkanes of at least 4 members (excludes halogenated alkanes) is 8. The van der Waals surface area contributed by atoms with E-state index in [1.165, 1.54) is 38.5 Å². The molecule has 0 aromatic carbocycles. The van der Waals surface area contributed by atoms with Crippen molar-refractivity contribution in [2.45, 2.75) is 89.5 Å². The van der Waals surface area contributed by atoms with Gasteiger partial charge in [-0.25, -0.2) is 4.79 Å². The Balaban J connectivity index is 4.43. The highest BCUT2D eigenvalue weighted by Gasteiger charge is 2.55. The zero-order valence-electron chi connectivity index (χ0n) is 17.0. The minimum absolute atomic E-state index is 0.110. The van der Waals surface area contributed by atoms with Gasteiger partial charge in [0.05, 0.1) is 21.1 Å². The highest BCUT2D eigenvalue weighted by atomic mass is 16.4. The molecule has 0 aliphatic carbocycles. The Labute approximate surface area is 154 Å². The molecule has 0 aliphatic rings. The molecule has 0 amide bonds. The largest absolute Gasteiger partial charge is 0.476 e. The number of carboxylic acid groups (broad SMARTS) is 1. The first-order valence-electron chi connectivity index (χ1n) is 10.0. The average Bonchev–Trinajstić information content (AvgIpc) is 2.52. The van der Waals surface area contributed by atoms with Crippen LogP contribution in [0.5, 0.6) is 0 Å². The summed E-state index contributed by atoms with van der Waals surface area (Å²) in [6, 6.07) is 0. The number of ketones is 1. The molecule has 0 heterocycles. The number of hydrogen-bond donors (Lipinski definition) is 2. The highest BCUT2D eigenvalue weighted by molar-refractivity contribution is 6.06. The Morgan fingerprint density at radius 1 is 0.880 bits per heavy atom. The normalized spacial score (nSPS) is 14.3. The van der Waals surface area contributed by atoms with Crippen LogP contribution in [0.3, 0.4) is 0 Å². The molecule has 0 bridgehead atoms. The van der Waals surface area contributed by atoms with Crippen molar-refractivity contribution in [3.8, 4) is 0 Å². The lowest BCUT2D eigenvalue weighted by Gasteiger charge is -2.41. The maximum atomic E-state index is 12.8. The maximum absolute atomic E-state index is 12.8. The minimum Gasteiger partial charge on any atom is -0.476 e. The van der Waals surface area contributed by atoms with Crippen molar-refractivity contribution in [1.82, 2.24) is 0 Å². The predicted octanol–water partition coefficient (Wildman–Crippen LogP) is 3.74. The second kappa shape index (κ2) is 12.4. The van der Waals surface area contributed by atoms with Crippen LogP contribution >= 0.6 is 0 Å². The Morgan fingerprint density at radius 2 is 1.36 bits per heavy atom. The van der Waals surface area contributed by atoms with Crippen LogP contribution in [0.4, 0.5) is 0 Å². The molecule has 0 saturated heterocycles. The maximum Gasteiger partial charge on any atom is 0.373 e. The van der Waals surface area contributed by atoms with E-state index in [4.69, 9.17) is 5.73 Å². The van der Waals surface area contributed by atoms with E-state index in [0.717, 1.165) is 19.3 Å². The lowest BCUT2D eigenvalue weighted by molar-refractivity contribution is -0.903. The molecule has 0 radical (unpaired) electrons. The van der Waals surface area contributed by atoms with Crippen LogP contribution in [-0.2, 0) is 9.59 Å². The molecule has 25 heavy (non-hydrogen) atoms. The third-order valence-electron chi connectivity index (χ3n) is 5.21. The molecule has 0 fully saturated rings. The summed E-state index contributed by atoms with van der Waals surface area (Å²) in [5.74, 6) is -1.17. The zero-order chi connectivity index (χ0) is 19.3. The molecule has 0 aliphatic heterocycles. The molecule has 0 aromatic rings. The number of nitrogens with two attached hydrogens (primary N) is 1. The zero-order valence-corrected chi connectivity index (χ0v) is 17.0. The number of aliphatic carboxylic acids is 1. The Hall–Kier alpha value is -0.940. The van der Waals surface area contributed by atoms with Crippen LogP contribution in [-0.4, -0.2) is 54.6 Å². The smallest absolute Gasteiger partial charge is 0.373 e. The summed E-state index contributed by atoms with van der Waals surface area (Å²) in [4.78, 5) is 24.8. The van der Waals surface area contributed by atoms with Crippen LogP contribution in [0.2, 0.25) is 0 Å². The van der Waals surface area contributed by atoms with Crippen molar-refractivity contribution >= 4 is 11.8 Å². The number of hydrogen-bond acceptors (Lipinski definition) is 3. The van der Waals surface area contributed by atoms with Gasteiger partial charge in [0.1, 0.15) is 0 Å². The lowest BCUT2D eigenvalue weighted by atomic mass is 9.83. The van der Waals surface area contributed by atoms with Crippen LogP contribution in [0, 0.1) is 0 Å². The van der Waals surface area contributed by atoms with Crippen molar-refractivity contribution in [3.63, 3.8) is 0 Å². The quantitative estimate of drug-likeness (QED) is 0.250. The molecule has 1 atom stereocenters. The van der Waals surface area contributed by atoms with Gasteiger partial charge >= 0.3 is 5.97 Å². The molecule has 0 rings (SSSR count). The average molecular weight is 358 g/mol. The molecular formula is C20H41N2O3+. The third-order valence-corrected chi connectivity index (χ3v) is 5.21. The predicted molar refractivity (Wildman–Crippen MR) is 104 cm³/mol. The van der Waals surface area contributed by atoms with E-state index in [9.17, 15) is 14.7 Å². The fraction of sp³-hybridized carbons (Fsp3) is 0.900. The Morgan fingerprint density at radius 3 is 1.76 bits per heavy atom. The molecule has 3 N–H and O–H groups in total. The van der Waals surface area contributed by atoms with Crippen LogP contribution < -0.4 is 5.73 Å². The second-order valence-electron chi connectivity index (χ2n) is 8.07. The van der Waals surface area contributed by atoms with Gasteiger partial charge in [-0.3, -0.25) is 4.79 Å². The molecule has 0 spiro atoms. The first kappa shape index (κ1) is 24.1. The van der Waals surface area contributed by atoms with E-state index in [1.807, 2.05) is 0 Å². The SMILES string of the molecule is CCCCCCCCCCCC(=O)C(CCCN)(C(=O)O)[N+](C)(C)C. The summed E-state index contributed by atoms with van der Waals surface area (Å²) in [7, 11) is 5.37. The van der Waals surface area contributed by atoms with Gasteiger partial charge in [-0.15, -0.1) is 0 Å². The summed E-state index contributed by atoms with van der Waals surface area (Å²) in [6.07, 6.45) is 11.8. The van der Waals surface area contributed by atoms with E-state index in [-0.39, 0.29) is 10.3 Å². The second-order valence-corrected chi connectivity index (χ2v) is 8.07. The molecule has 5 nitrogen and oxygen atoms in total. The summed E-state index contributed by atoms with van der Waals surface area (Å²) in [5, 5.41) is 9.82. The number of quaternary nitrogens is 1. The fourth-order valence-electron chi connectivity index (χ4n) is 3.52. The number of Topliss-reactive ketones (excluding diaryl/α,β-unsaturated/α-hetero) is 1. The van der Waals surface area contributed by atoms with E-state index in [2.05, 4.69) is 6.92 Å². The standard InChI is InChI=1S/C20H40N2O3/c1-5-6-7-8-9-10-11-12-13-15-18(23)20(19(24)25,16-14-17-21)22(2,3)4/h5-17,21H2,1-4H3/p+1. The van der Waals surface area contributed by atoms with Gasteiger partial charge in [0.15, 0.2) is 0 Å².